The van der Waals surface area contributed by atoms with E-state index < -0.39 is 0 Å². The number of benzene rings is 1. The molecule has 2 unspecified atom stereocenters. The number of hydrogen-bond acceptors (Lipinski definition) is 3. The number of methoxy groups -OCH3 is 1. The first-order chi connectivity index (χ1) is 8.60. The molecule has 2 atom stereocenters. The molecule has 0 saturated heterocycles. The molecule has 1 aromatic rings. The zero-order valence-electron chi connectivity index (χ0n) is 10.8. The maximum atomic E-state index is 12.0. The van der Waals surface area contributed by atoms with Crippen LogP contribution in [0.2, 0.25) is 0 Å². The van der Waals surface area contributed by atoms with Crippen molar-refractivity contribution in [3.63, 3.8) is 0 Å². The summed E-state index contributed by atoms with van der Waals surface area (Å²) in [5.41, 5.74) is 0.301. The molecular formula is C14H19NO3. The van der Waals surface area contributed by atoms with E-state index in [1.807, 2.05) is 0 Å². The Labute approximate surface area is 107 Å². The van der Waals surface area contributed by atoms with E-state index in [0.29, 0.717) is 17.2 Å². The van der Waals surface area contributed by atoms with Crippen molar-refractivity contribution in [2.75, 3.05) is 7.11 Å². The Kier molecular flexibility index (Phi) is 3.75. The summed E-state index contributed by atoms with van der Waals surface area (Å²) in [5, 5.41) is 12.7. The zero-order valence-corrected chi connectivity index (χ0v) is 10.8. The Balaban J connectivity index is 2.04. The second-order valence-electron chi connectivity index (χ2n) is 4.97. The fraction of sp³-hybridized carbons (Fsp3) is 0.500. The van der Waals surface area contributed by atoms with Crippen LogP contribution in [0.15, 0.2) is 18.2 Å². The smallest absolute Gasteiger partial charge is 0.255 e. The Hall–Kier alpha value is -1.71. The third kappa shape index (κ3) is 2.75. The molecule has 0 spiro atoms. The molecule has 0 heterocycles. The molecule has 18 heavy (non-hydrogen) atoms. The lowest BCUT2D eigenvalue weighted by molar-refractivity contribution is 0.0934. The topological polar surface area (TPSA) is 58.6 Å². The summed E-state index contributed by atoms with van der Waals surface area (Å²) >= 11 is 0. The van der Waals surface area contributed by atoms with Crippen molar-refractivity contribution in [2.24, 2.45) is 5.92 Å². The van der Waals surface area contributed by atoms with Gasteiger partial charge in [0.25, 0.3) is 5.91 Å². The van der Waals surface area contributed by atoms with Crippen LogP contribution in [0.3, 0.4) is 0 Å². The molecule has 2 N–H and O–H groups in total. The van der Waals surface area contributed by atoms with Crippen LogP contribution in [0.4, 0.5) is 0 Å². The van der Waals surface area contributed by atoms with Crippen molar-refractivity contribution in [2.45, 2.75) is 32.2 Å². The summed E-state index contributed by atoms with van der Waals surface area (Å²) in [6.07, 6.45) is 3.19. The molecule has 4 nitrogen and oxygen atoms in total. The number of phenolic OH excluding ortho intramolecular Hbond substituents is 1. The highest BCUT2D eigenvalue weighted by molar-refractivity contribution is 5.97. The van der Waals surface area contributed by atoms with Gasteiger partial charge in [-0.2, -0.15) is 0 Å². The molecule has 1 saturated carbocycles. The van der Waals surface area contributed by atoms with Gasteiger partial charge in [0.2, 0.25) is 0 Å². The van der Waals surface area contributed by atoms with Gasteiger partial charge in [-0.25, -0.2) is 0 Å². The number of nitrogens with one attached hydrogen (secondary N) is 1. The van der Waals surface area contributed by atoms with Crippen LogP contribution >= 0.6 is 0 Å². The van der Waals surface area contributed by atoms with Gasteiger partial charge in [-0.05, 0) is 37.3 Å². The highest BCUT2D eigenvalue weighted by Crippen LogP contribution is 2.27. The molecule has 0 radical (unpaired) electrons. The summed E-state index contributed by atoms with van der Waals surface area (Å²) in [6.45, 7) is 2.19. The van der Waals surface area contributed by atoms with E-state index in [-0.39, 0.29) is 17.7 Å². The van der Waals surface area contributed by atoms with Gasteiger partial charge >= 0.3 is 0 Å². The van der Waals surface area contributed by atoms with Crippen molar-refractivity contribution >= 4 is 5.91 Å². The number of rotatable bonds is 3. The normalized spacial score (nSPS) is 22.8. The number of ether oxygens (including phenoxy) is 1. The van der Waals surface area contributed by atoms with E-state index in [4.69, 9.17) is 4.74 Å². The SMILES string of the molecule is COc1ccc(C(=O)NC2CCC(C)C2)c(O)c1. The van der Waals surface area contributed by atoms with Gasteiger partial charge in [0.15, 0.2) is 0 Å². The van der Waals surface area contributed by atoms with Crippen LogP contribution < -0.4 is 10.1 Å². The highest BCUT2D eigenvalue weighted by atomic mass is 16.5. The summed E-state index contributed by atoms with van der Waals surface area (Å²) in [5.74, 6) is 0.949. The molecular weight excluding hydrogens is 230 g/mol. The van der Waals surface area contributed by atoms with Crippen molar-refractivity contribution in [3.05, 3.63) is 23.8 Å². The van der Waals surface area contributed by atoms with Crippen LogP contribution in [0, 0.1) is 5.92 Å². The number of phenols is 1. The number of carbonyl (C=O) groups excluding carboxylic acids is 1. The quantitative estimate of drug-likeness (QED) is 0.864. The van der Waals surface area contributed by atoms with Gasteiger partial charge in [-0.15, -0.1) is 0 Å². The van der Waals surface area contributed by atoms with Crippen molar-refractivity contribution < 1.29 is 14.6 Å². The molecule has 1 aliphatic carbocycles. The van der Waals surface area contributed by atoms with Gasteiger partial charge in [0.05, 0.1) is 12.7 Å². The molecule has 0 aliphatic heterocycles. The maximum Gasteiger partial charge on any atom is 0.255 e. The summed E-state index contributed by atoms with van der Waals surface area (Å²) in [4.78, 5) is 12.0. The van der Waals surface area contributed by atoms with Gasteiger partial charge in [0.1, 0.15) is 11.5 Å². The van der Waals surface area contributed by atoms with Crippen LogP contribution in [0.5, 0.6) is 11.5 Å². The Morgan fingerprint density at radius 3 is 2.78 bits per heavy atom. The molecule has 1 amide bonds. The summed E-state index contributed by atoms with van der Waals surface area (Å²) in [6, 6.07) is 4.94. The second-order valence-corrected chi connectivity index (χ2v) is 4.97. The monoisotopic (exact) mass is 249 g/mol. The first-order valence-electron chi connectivity index (χ1n) is 6.28. The zero-order chi connectivity index (χ0) is 13.1. The third-order valence-electron chi connectivity index (χ3n) is 3.48. The van der Waals surface area contributed by atoms with Crippen molar-refractivity contribution in [3.8, 4) is 11.5 Å². The van der Waals surface area contributed by atoms with E-state index in [9.17, 15) is 9.90 Å². The molecule has 1 fully saturated rings. The minimum absolute atomic E-state index is 0.0436. The molecule has 0 aromatic heterocycles. The molecule has 98 valence electrons. The summed E-state index contributed by atoms with van der Waals surface area (Å²) in [7, 11) is 1.52. The van der Waals surface area contributed by atoms with Crippen molar-refractivity contribution in [1.29, 1.82) is 0 Å². The fourth-order valence-corrected chi connectivity index (χ4v) is 2.43. The molecule has 1 aromatic carbocycles. The van der Waals surface area contributed by atoms with Crippen LogP contribution in [-0.4, -0.2) is 24.2 Å². The fourth-order valence-electron chi connectivity index (χ4n) is 2.43. The van der Waals surface area contributed by atoms with Crippen LogP contribution in [0.25, 0.3) is 0 Å². The largest absolute Gasteiger partial charge is 0.507 e. The van der Waals surface area contributed by atoms with E-state index >= 15 is 0 Å². The summed E-state index contributed by atoms with van der Waals surface area (Å²) < 4.78 is 4.99. The second kappa shape index (κ2) is 5.29. The highest BCUT2D eigenvalue weighted by Gasteiger charge is 2.24. The average molecular weight is 249 g/mol. The van der Waals surface area contributed by atoms with E-state index in [2.05, 4.69) is 12.2 Å². The Morgan fingerprint density at radius 2 is 2.22 bits per heavy atom. The minimum atomic E-state index is -0.214. The van der Waals surface area contributed by atoms with Gasteiger partial charge in [-0.1, -0.05) is 6.92 Å². The van der Waals surface area contributed by atoms with Crippen molar-refractivity contribution in [1.82, 2.24) is 5.32 Å². The predicted molar refractivity (Wildman–Crippen MR) is 68.9 cm³/mol. The molecule has 1 aliphatic rings. The Bertz CT molecular complexity index is 445. The third-order valence-corrected chi connectivity index (χ3v) is 3.48. The van der Waals surface area contributed by atoms with Gasteiger partial charge < -0.3 is 15.2 Å². The first kappa shape index (κ1) is 12.7. The number of aromatic hydroxyl groups is 1. The lowest BCUT2D eigenvalue weighted by atomic mass is 10.1. The lowest BCUT2D eigenvalue weighted by Crippen LogP contribution is -2.32. The predicted octanol–water partition coefficient (Wildman–Crippen LogP) is 2.32. The number of hydrogen-bond donors (Lipinski definition) is 2. The van der Waals surface area contributed by atoms with E-state index in [0.717, 1.165) is 19.3 Å². The number of carbonyl (C=O) groups is 1. The standard InChI is InChI=1S/C14H19NO3/c1-9-3-4-10(7-9)15-14(17)12-6-5-11(18-2)8-13(12)16/h5-6,8-10,16H,3-4,7H2,1-2H3,(H,15,17). The van der Waals surface area contributed by atoms with Gasteiger partial charge in [-0.3, -0.25) is 4.79 Å². The van der Waals surface area contributed by atoms with Gasteiger partial charge in [0, 0.05) is 12.1 Å². The molecule has 2 rings (SSSR count). The van der Waals surface area contributed by atoms with Crippen LogP contribution in [0.1, 0.15) is 36.5 Å². The van der Waals surface area contributed by atoms with E-state index in [1.165, 1.54) is 13.2 Å². The van der Waals surface area contributed by atoms with Crippen LogP contribution in [-0.2, 0) is 0 Å². The Morgan fingerprint density at radius 1 is 1.44 bits per heavy atom. The first-order valence-corrected chi connectivity index (χ1v) is 6.28. The minimum Gasteiger partial charge on any atom is -0.507 e. The average Bonchev–Trinajstić information content (AvgIpc) is 2.74. The lowest BCUT2D eigenvalue weighted by Gasteiger charge is -2.13. The molecule has 4 heteroatoms. The number of amides is 1. The van der Waals surface area contributed by atoms with E-state index in [1.54, 1.807) is 12.1 Å². The molecule has 0 bridgehead atoms. The maximum absolute atomic E-state index is 12.0.